The summed E-state index contributed by atoms with van der Waals surface area (Å²) in [5.74, 6) is -0.534. The highest BCUT2D eigenvalue weighted by Crippen LogP contribution is 2.36. The quantitative estimate of drug-likeness (QED) is 0.380. The van der Waals surface area contributed by atoms with Gasteiger partial charge in [-0.25, -0.2) is 8.42 Å². The van der Waals surface area contributed by atoms with Gasteiger partial charge in [-0.3, -0.25) is 9.10 Å². The van der Waals surface area contributed by atoms with Gasteiger partial charge >= 0.3 is 0 Å². The second kappa shape index (κ2) is 10.1. The molecule has 0 spiro atoms. The van der Waals surface area contributed by atoms with Crippen molar-refractivity contribution in [2.75, 3.05) is 22.4 Å². The van der Waals surface area contributed by atoms with Crippen LogP contribution in [0.15, 0.2) is 76.5 Å². The fraction of sp³-hybridized carbons (Fsp3) is 0.0952. The third-order valence-corrected chi connectivity index (χ3v) is 7.31. The predicted molar refractivity (Wildman–Crippen MR) is 129 cm³/mol. The number of nitrogens with zero attached hydrogens (tertiary/aromatic N) is 1. The van der Waals surface area contributed by atoms with Crippen molar-refractivity contribution in [2.24, 2.45) is 0 Å². The van der Waals surface area contributed by atoms with Crippen molar-refractivity contribution in [1.29, 1.82) is 0 Å². The molecule has 0 aliphatic rings. The van der Waals surface area contributed by atoms with Crippen LogP contribution in [0.2, 0.25) is 15.1 Å². The highest BCUT2D eigenvalue weighted by molar-refractivity contribution is 7.99. The SMILES string of the molecule is CS(=O)(=O)N(CC(=O)Nc1ccccc1Sc1ccccc1)c1cc(Cl)c(Cl)cc1Cl. The van der Waals surface area contributed by atoms with Crippen LogP contribution in [0.5, 0.6) is 0 Å². The number of benzene rings is 3. The van der Waals surface area contributed by atoms with Crippen LogP contribution in [0.25, 0.3) is 0 Å². The van der Waals surface area contributed by atoms with E-state index in [1.54, 1.807) is 12.1 Å². The Morgan fingerprint density at radius 3 is 2.23 bits per heavy atom. The molecule has 5 nitrogen and oxygen atoms in total. The summed E-state index contributed by atoms with van der Waals surface area (Å²) in [6, 6.07) is 19.6. The molecule has 0 fully saturated rings. The van der Waals surface area contributed by atoms with Crippen LogP contribution in [0, 0.1) is 0 Å². The molecule has 0 unspecified atom stereocenters. The lowest BCUT2D eigenvalue weighted by atomic mass is 10.3. The molecule has 0 atom stereocenters. The maximum atomic E-state index is 12.8. The topological polar surface area (TPSA) is 66.5 Å². The zero-order valence-electron chi connectivity index (χ0n) is 16.2. The maximum absolute atomic E-state index is 12.8. The van der Waals surface area contributed by atoms with E-state index in [-0.39, 0.29) is 20.8 Å². The van der Waals surface area contributed by atoms with Gasteiger partial charge in [-0.15, -0.1) is 0 Å². The normalized spacial score (nSPS) is 11.2. The number of amides is 1. The van der Waals surface area contributed by atoms with Gasteiger partial charge in [0.2, 0.25) is 15.9 Å². The van der Waals surface area contributed by atoms with Crippen molar-refractivity contribution >= 4 is 73.9 Å². The molecule has 1 N–H and O–H groups in total. The first-order valence-electron chi connectivity index (χ1n) is 8.89. The summed E-state index contributed by atoms with van der Waals surface area (Å²) in [5.41, 5.74) is 0.635. The first-order valence-corrected chi connectivity index (χ1v) is 12.7. The van der Waals surface area contributed by atoms with Crippen molar-refractivity contribution < 1.29 is 13.2 Å². The van der Waals surface area contributed by atoms with E-state index in [4.69, 9.17) is 34.8 Å². The molecule has 10 heteroatoms. The minimum absolute atomic E-state index is 0.0626. The molecule has 31 heavy (non-hydrogen) atoms. The van der Waals surface area contributed by atoms with E-state index in [2.05, 4.69) is 5.32 Å². The third-order valence-electron chi connectivity index (χ3n) is 4.08. The average Bonchev–Trinajstić information content (AvgIpc) is 2.71. The van der Waals surface area contributed by atoms with E-state index in [1.807, 2.05) is 42.5 Å². The zero-order chi connectivity index (χ0) is 22.6. The summed E-state index contributed by atoms with van der Waals surface area (Å²) in [6.07, 6.45) is 0.984. The molecule has 0 saturated heterocycles. The van der Waals surface area contributed by atoms with Crippen LogP contribution in [0.3, 0.4) is 0 Å². The molecule has 0 saturated carbocycles. The van der Waals surface area contributed by atoms with Crippen molar-refractivity contribution in [3.63, 3.8) is 0 Å². The lowest BCUT2D eigenvalue weighted by molar-refractivity contribution is -0.114. The van der Waals surface area contributed by atoms with Crippen LogP contribution in [-0.4, -0.2) is 27.1 Å². The number of rotatable bonds is 7. The second-order valence-corrected chi connectivity index (χ2v) is 10.7. The number of sulfonamides is 1. The molecular formula is C21H17Cl3N2O3S2. The minimum atomic E-state index is -3.83. The van der Waals surface area contributed by atoms with Crippen molar-refractivity contribution in [3.8, 4) is 0 Å². The number of carbonyl (C=O) groups is 1. The van der Waals surface area contributed by atoms with Gasteiger partial charge in [-0.1, -0.05) is 76.9 Å². The molecule has 3 aromatic carbocycles. The molecule has 0 aliphatic carbocycles. The van der Waals surface area contributed by atoms with E-state index >= 15 is 0 Å². The van der Waals surface area contributed by atoms with Crippen molar-refractivity contribution in [2.45, 2.75) is 9.79 Å². The monoisotopic (exact) mass is 514 g/mol. The van der Waals surface area contributed by atoms with E-state index < -0.39 is 22.5 Å². The van der Waals surface area contributed by atoms with Crippen molar-refractivity contribution in [1.82, 2.24) is 0 Å². The van der Waals surface area contributed by atoms with Crippen LogP contribution in [-0.2, 0) is 14.8 Å². The first-order chi connectivity index (χ1) is 14.6. The Morgan fingerprint density at radius 1 is 0.935 bits per heavy atom. The summed E-state index contributed by atoms with van der Waals surface area (Å²) in [7, 11) is -3.83. The lowest BCUT2D eigenvalue weighted by Gasteiger charge is -2.23. The molecular weight excluding hydrogens is 499 g/mol. The largest absolute Gasteiger partial charge is 0.323 e. The van der Waals surface area contributed by atoms with E-state index in [0.29, 0.717) is 5.69 Å². The Morgan fingerprint density at radius 2 is 1.55 bits per heavy atom. The van der Waals surface area contributed by atoms with Crippen LogP contribution < -0.4 is 9.62 Å². The molecule has 0 radical (unpaired) electrons. The highest BCUT2D eigenvalue weighted by atomic mass is 35.5. The second-order valence-electron chi connectivity index (χ2n) is 6.45. The molecule has 3 rings (SSSR count). The average molecular weight is 516 g/mol. The number of hydrogen-bond acceptors (Lipinski definition) is 4. The van der Waals surface area contributed by atoms with Gasteiger partial charge in [0.05, 0.1) is 32.7 Å². The first kappa shape index (κ1) is 23.8. The summed E-state index contributed by atoms with van der Waals surface area (Å²) in [4.78, 5) is 14.6. The Bertz CT molecular complexity index is 1210. The highest BCUT2D eigenvalue weighted by Gasteiger charge is 2.24. The third kappa shape index (κ3) is 6.30. The zero-order valence-corrected chi connectivity index (χ0v) is 20.1. The Balaban J connectivity index is 1.84. The standard InChI is InChI=1S/C21H17Cl3N2O3S2/c1-31(28,29)26(19-12-16(23)15(22)11-17(19)24)13-21(27)25-18-9-5-6-10-20(18)30-14-7-3-2-4-8-14/h2-12H,13H2,1H3,(H,25,27). The predicted octanol–water partition coefficient (Wildman–Crippen LogP) is 6.20. The number of anilines is 2. The fourth-order valence-corrected chi connectivity index (χ4v) is 5.15. The Hall–Kier alpha value is -1.90. The number of para-hydroxylation sites is 1. The van der Waals surface area contributed by atoms with E-state index in [9.17, 15) is 13.2 Å². The van der Waals surface area contributed by atoms with E-state index in [1.165, 1.54) is 23.9 Å². The number of nitrogens with one attached hydrogen (secondary N) is 1. The number of hydrogen-bond donors (Lipinski definition) is 1. The summed E-state index contributed by atoms with van der Waals surface area (Å²) in [5, 5.41) is 3.15. The molecule has 1 amide bonds. The maximum Gasteiger partial charge on any atom is 0.245 e. The smallest absolute Gasteiger partial charge is 0.245 e. The Labute approximate surface area is 200 Å². The summed E-state index contributed by atoms with van der Waals surface area (Å²) in [6.45, 7) is -0.485. The summed E-state index contributed by atoms with van der Waals surface area (Å²) < 4.78 is 25.7. The molecule has 0 heterocycles. The van der Waals surface area contributed by atoms with Crippen LogP contribution >= 0.6 is 46.6 Å². The fourth-order valence-electron chi connectivity index (χ4n) is 2.68. The number of carbonyl (C=O) groups excluding carboxylic acids is 1. The van der Waals surface area contributed by atoms with Gasteiger partial charge in [-0.2, -0.15) is 0 Å². The molecule has 3 aromatic rings. The van der Waals surface area contributed by atoms with Crippen molar-refractivity contribution in [3.05, 3.63) is 81.8 Å². The van der Waals surface area contributed by atoms with Gasteiger partial charge < -0.3 is 5.32 Å². The van der Waals surface area contributed by atoms with E-state index in [0.717, 1.165) is 20.4 Å². The summed E-state index contributed by atoms with van der Waals surface area (Å²) >= 11 is 19.6. The van der Waals surface area contributed by atoms with Gasteiger partial charge in [0, 0.05) is 9.79 Å². The molecule has 162 valence electrons. The lowest BCUT2D eigenvalue weighted by Crippen LogP contribution is -2.37. The van der Waals surface area contributed by atoms with Gasteiger partial charge in [0.25, 0.3) is 0 Å². The molecule has 0 aromatic heterocycles. The Kier molecular flexibility index (Phi) is 7.78. The van der Waals surface area contributed by atoms with Gasteiger partial charge in [0.15, 0.2) is 0 Å². The number of halogens is 3. The minimum Gasteiger partial charge on any atom is -0.323 e. The molecule has 0 bridgehead atoms. The molecule has 0 aliphatic heterocycles. The van der Waals surface area contributed by atoms with Crippen LogP contribution in [0.4, 0.5) is 11.4 Å². The van der Waals surface area contributed by atoms with Gasteiger partial charge in [-0.05, 0) is 36.4 Å². The van der Waals surface area contributed by atoms with Gasteiger partial charge in [0.1, 0.15) is 6.54 Å². The van der Waals surface area contributed by atoms with Crippen LogP contribution in [0.1, 0.15) is 0 Å².